The van der Waals surface area contributed by atoms with Crippen LogP contribution in [0.5, 0.6) is 11.5 Å². The van der Waals surface area contributed by atoms with Crippen LogP contribution in [0.4, 0.5) is 0 Å². The lowest BCUT2D eigenvalue weighted by molar-refractivity contribution is 0.305. The topological polar surface area (TPSA) is 29.5 Å². The van der Waals surface area contributed by atoms with Crippen LogP contribution in [0.1, 0.15) is 12.0 Å². The zero-order valence-electron chi connectivity index (χ0n) is 10.3. The van der Waals surface area contributed by atoms with Gasteiger partial charge in [-0.05, 0) is 36.4 Å². The summed E-state index contributed by atoms with van der Waals surface area (Å²) in [5, 5.41) is 9.40. The van der Waals surface area contributed by atoms with Gasteiger partial charge in [0.15, 0.2) is 0 Å². The van der Waals surface area contributed by atoms with E-state index in [9.17, 15) is 0 Å². The molecule has 0 radical (unpaired) electrons. The monoisotopic (exact) mass is 272 g/mol. The lowest BCUT2D eigenvalue weighted by atomic mass is 10.2. The molecule has 2 rings (SSSR count). The largest absolute Gasteiger partial charge is 0.456 e. The van der Waals surface area contributed by atoms with Crippen molar-refractivity contribution in [2.24, 2.45) is 0 Å². The Morgan fingerprint density at radius 3 is 2.53 bits per heavy atom. The first-order chi connectivity index (χ1) is 9.29. The molecule has 0 spiro atoms. The van der Waals surface area contributed by atoms with Gasteiger partial charge >= 0.3 is 0 Å². The van der Waals surface area contributed by atoms with Crippen LogP contribution in [0.3, 0.4) is 0 Å². The van der Waals surface area contributed by atoms with Crippen LogP contribution in [0.2, 0.25) is 5.02 Å². The Kier molecular flexibility index (Phi) is 4.85. The molecule has 0 aliphatic carbocycles. The van der Waals surface area contributed by atoms with Gasteiger partial charge in [-0.2, -0.15) is 0 Å². The summed E-state index contributed by atoms with van der Waals surface area (Å²) in [7, 11) is 0. The molecule has 0 amide bonds. The molecule has 2 aromatic rings. The molecule has 1 N–H and O–H groups in total. The average Bonchev–Trinajstić information content (AvgIpc) is 2.43. The van der Waals surface area contributed by atoms with Gasteiger partial charge in [-0.3, -0.25) is 0 Å². The maximum atomic E-state index is 8.73. The maximum Gasteiger partial charge on any atom is 0.143 e. The lowest BCUT2D eigenvalue weighted by Crippen LogP contribution is -1.88. The zero-order valence-corrected chi connectivity index (χ0v) is 11.0. The molecule has 0 atom stereocenters. The van der Waals surface area contributed by atoms with Crippen LogP contribution < -0.4 is 4.74 Å². The minimum absolute atomic E-state index is 0.0627. The second kappa shape index (κ2) is 6.84. The molecule has 0 aliphatic rings. The van der Waals surface area contributed by atoms with E-state index in [4.69, 9.17) is 21.4 Å². The van der Waals surface area contributed by atoms with E-state index in [1.807, 2.05) is 24.3 Å². The Bertz CT molecular complexity index is 594. The highest BCUT2D eigenvalue weighted by atomic mass is 35.5. The Labute approximate surface area is 117 Å². The third kappa shape index (κ3) is 4.03. The average molecular weight is 273 g/mol. The maximum absolute atomic E-state index is 8.73. The van der Waals surface area contributed by atoms with Gasteiger partial charge in [0.05, 0.1) is 12.2 Å². The number of aliphatic hydroxyl groups is 1. The fourth-order valence-corrected chi connectivity index (χ4v) is 1.63. The molecule has 2 aromatic carbocycles. The van der Waals surface area contributed by atoms with Gasteiger partial charge in [-0.25, -0.2) is 0 Å². The van der Waals surface area contributed by atoms with Crippen LogP contribution in [0.25, 0.3) is 0 Å². The summed E-state index contributed by atoms with van der Waals surface area (Å²) in [6.45, 7) is 0.0627. The number of para-hydroxylation sites is 1. The molecular formula is C16H13ClO2. The van der Waals surface area contributed by atoms with E-state index < -0.39 is 0 Å². The molecular weight excluding hydrogens is 260 g/mol. The Morgan fingerprint density at radius 2 is 1.79 bits per heavy atom. The third-order valence-electron chi connectivity index (χ3n) is 2.39. The molecule has 0 fully saturated rings. The summed E-state index contributed by atoms with van der Waals surface area (Å²) >= 11 is 5.83. The fourth-order valence-electron chi connectivity index (χ4n) is 1.50. The van der Waals surface area contributed by atoms with Gasteiger partial charge in [-0.15, -0.1) is 0 Å². The van der Waals surface area contributed by atoms with Crippen molar-refractivity contribution in [2.45, 2.75) is 6.42 Å². The highest BCUT2D eigenvalue weighted by molar-refractivity contribution is 6.30. The van der Waals surface area contributed by atoms with E-state index >= 15 is 0 Å². The SMILES string of the molecule is OCCC#Cc1ccccc1Oc1ccc(Cl)cc1. The van der Waals surface area contributed by atoms with Crippen LogP contribution >= 0.6 is 11.6 Å². The molecule has 3 heteroatoms. The number of halogens is 1. The fraction of sp³-hybridized carbons (Fsp3) is 0.125. The highest BCUT2D eigenvalue weighted by Crippen LogP contribution is 2.25. The van der Waals surface area contributed by atoms with Gasteiger partial charge < -0.3 is 9.84 Å². The van der Waals surface area contributed by atoms with E-state index in [0.717, 1.165) is 5.56 Å². The minimum atomic E-state index is 0.0627. The van der Waals surface area contributed by atoms with Crippen molar-refractivity contribution in [3.05, 3.63) is 59.1 Å². The molecule has 0 aromatic heterocycles. The van der Waals surface area contributed by atoms with Gasteiger partial charge in [-0.1, -0.05) is 35.6 Å². The lowest BCUT2D eigenvalue weighted by Gasteiger charge is -2.07. The van der Waals surface area contributed by atoms with E-state index in [0.29, 0.717) is 22.9 Å². The summed E-state index contributed by atoms with van der Waals surface area (Å²) in [6, 6.07) is 14.7. The van der Waals surface area contributed by atoms with Crippen LogP contribution in [0, 0.1) is 11.8 Å². The standard InChI is InChI=1S/C16H13ClO2/c17-14-8-10-15(11-9-14)19-16-7-2-1-5-13(16)6-3-4-12-18/h1-2,5,7-11,18H,4,12H2. The van der Waals surface area contributed by atoms with Gasteiger partial charge in [0, 0.05) is 11.4 Å². The first-order valence-electron chi connectivity index (χ1n) is 5.92. The first kappa shape index (κ1) is 13.5. The van der Waals surface area contributed by atoms with Gasteiger partial charge in [0.1, 0.15) is 11.5 Å². The predicted molar refractivity (Wildman–Crippen MR) is 76.5 cm³/mol. The number of rotatable bonds is 3. The number of aliphatic hydroxyl groups excluding tert-OH is 1. The molecule has 0 saturated carbocycles. The molecule has 0 bridgehead atoms. The molecule has 0 saturated heterocycles. The minimum Gasteiger partial charge on any atom is -0.456 e. The smallest absolute Gasteiger partial charge is 0.143 e. The number of benzene rings is 2. The second-order valence-corrected chi connectivity index (χ2v) is 4.26. The number of hydrogen-bond acceptors (Lipinski definition) is 2. The second-order valence-electron chi connectivity index (χ2n) is 3.83. The molecule has 0 unspecified atom stereocenters. The number of hydrogen-bond donors (Lipinski definition) is 1. The highest BCUT2D eigenvalue weighted by Gasteiger charge is 2.01. The summed E-state index contributed by atoms with van der Waals surface area (Å²) in [5.74, 6) is 7.27. The van der Waals surface area contributed by atoms with Crippen LogP contribution in [-0.2, 0) is 0 Å². The molecule has 2 nitrogen and oxygen atoms in total. The van der Waals surface area contributed by atoms with Crippen LogP contribution in [-0.4, -0.2) is 11.7 Å². The van der Waals surface area contributed by atoms with E-state index in [-0.39, 0.29) is 6.61 Å². The van der Waals surface area contributed by atoms with Crippen molar-refractivity contribution in [1.29, 1.82) is 0 Å². The summed E-state index contributed by atoms with van der Waals surface area (Å²) < 4.78 is 5.77. The van der Waals surface area contributed by atoms with E-state index in [2.05, 4.69) is 11.8 Å². The van der Waals surface area contributed by atoms with Crippen molar-refractivity contribution < 1.29 is 9.84 Å². The zero-order chi connectivity index (χ0) is 13.5. The summed E-state index contributed by atoms with van der Waals surface area (Å²) in [4.78, 5) is 0. The van der Waals surface area contributed by atoms with Crippen molar-refractivity contribution in [3.63, 3.8) is 0 Å². The molecule has 96 valence electrons. The van der Waals surface area contributed by atoms with Crippen molar-refractivity contribution in [1.82, 2.24) is 0 Å². The molecule has 19 heavy (non-hydrogen) atoms. The van der Waals surface area contributed by atoms with Gasteiger partial charge in [0.25, 0.3) is 0 Å². The predicted octanol–water partition coefficient (Wildman–Crippen LogP) is 3.87. The van der Waals surface area contributed by atoms with Crippen molar-refractivity contribution in [2.75, 3.05) is 6.61 Å². The Balaban J connectivity index is 2.20. The first-order valence-corrected chi connectivity index (χ1v) is 6.29. The van der Waals surface area contributed by atoms with Crippen LogP contribution in [0.15, 0.2) is 48.5 Å². The van der Waals surface area contributed by atoms with E-state index in [1.165, 1.54) is 0 Å². The van der Waals surface area contributed by atoms with Gasteiger partial charge in [0.2, 0.25) is 0 Å². The quantitative estimate of drug-likeness (QED) is 0.860. The normalized spacial score (nSPS) is 9.58. The van der Waals surface area contributed by atoms with Crippen molar-refractivity contribution in [3.8, 4) is 23.3 Å². The molecule has 0 aliphatic heterocycles. The van der Waals surface area contributed by atoms with E-state index in [1.54, 1.807) is 24.3 Å². The number of ether oxygens (including phenoxy) is 1. The molecule has 0 heterocycles. The summed E-state index contributed by atoms with van der Waals surface area (Å²) in [6.07, 6.45) is 0.454. The third-order valence-corrected chi connectivity index (χ3v) is 2.64. The Morgan fingerprint density at radius 1 is 1.05 bits per heavy atom. The van der Waals surface area contributed by atoms with Crippen molar-refractivity contribution >= 4 is 11.6 Å². The summed E-state index contributed by atoms with van der Waals surface area (Å²) in [5.41, 5.74) is 0.797. The Hall–Kier alpha value is -1.95.